The Morgan fingerprint density at radius 2 is 1.97 bits per heavy atom. The molecule has 0 atom stereocenters. The average molecular weight is 442 g/mol. The monoisotopic (exact) mass is 441 g/mol. The fourth-order valence-electron chi connectivity index (χ4n) is 2.38. The van der Waals surface area contributed by atoms with Gasteiger partial charge in [-0.1, -0.05) is 25.4 Å². The predicted octanol–water partition coefficient (Wildman–Crippen LogP) is 4.88. The van der Waals surface area contributed by atoms with Gasteiger partial charge in [-0.05, 0) is 13.0 Å². The van der Waals surface area contributed by atoms with Gasteiger partial charge in [0.1, 0.15) is 6.61 Å². The molecule has 3 rings (SSSR count). The number of aryl methyl sites for hydroxylation is 1. The standard InChI is InChI=1S/C17H16ClF2N5O3.C2H6/c1-4-10(26-3)15-24-14-16(25(15)2)23-13(7-21-14)28-17-11(27-8-12(19)20)5-9(18)6-22-17;1-2/h4-7,12H,8H2,1-3H3;1-2H3/b10-4-;. The molecule has 3 aromatic heterocycles. The maximum absolute atomic E-state index is 12.5. The highest BCUT2D eigenvalue weighted by molar-refractivity contribution is 6.30. The predicted molar refractivity (Wildman–Crippen MR) is 109 cm³/mol. The molecule has 0 aliphatic carbocycles. The summed E-state index contributed by atoms with van der Waals surface area (Å²) in [5.74, 6) is 1.09. The summed E-state index contributed by atoms with van der Waals surface area (Å²) in [5.41, 5.74) is 0.826. The van der Waals surface area contributed by atoms with Crippen molar-refractivity contribution in [2.45, 2.75) is 27.2 Å². The number of allylic oxidation sites excluding steroid dienone is 1. The van der Waals surface area contributed by atoms with E-state index in [1.165, 1.54) is 25.6 Å². The highest BCUT2D eigenvalue weighted by Gasteiger charge is 2.17. The van der Waals surface area contributed by atoms with Gasteiger partial charge in [-0.25, -0.2) is 23.7 Å². The van der Waals surface area contributed by atoms with Crippen molar-refractivity contribution < 1.29 is 23.0 Å². The van der Waals surface area contributed by atoms with Crippen LogP contribution in [0.5, 0.6) is 17.5 Å². The van der Waals surface area contributed by atoms with Crippen LogP contribution in [-0.4, -0.2) is 44.6 Å². The number of hydrogen-bond donors (Lipinski definition) is 0. The second-order valence-corrected chi connectivity index (χ2v) is 5.90. The summed E-state index contributed by atoms with van der Waals surface area (Å²) in [5, 5.41) is 0.216. The maximum Gasteiger partial charge on any atom is 0.272 e. The molecule has 162 valence electrons. The van der Waals surface area contributed by atoms with Gasteiger partial charge in [0, 0.05) is 19.3 Å². The minimum absolute atomic E-state index is 0.0315. The molecule has 3 heterocycles. The molecule has 0 amide bonds. The minimum atomic E-state index is -2.66. The Hall–Kier alpha value is -3.01. The van der Waals surface area contributed by atoms with Gasteiger partial charge in [-0.2, -0.15) is 4.98 Å². The van der Waals surface area contributed by atoms with Crippen LogP contribution in [0.2, 0.25) is 5.02 Å². The van der Waals surface area contributed by atoms with Crippen molar-refractivity contribution >= 4 is 28.7 Å². The van der Waals surface area contributed by atoms with Crippen molar-refractivity contribution in [3.05, 3.63) is 35.4 Å². The van der Waals surface area contributed by atoms with E-state index in [4.69, 9.17) is 25.8 Å². The summed E-state index contributed by atoms with van der Waals surface area (Å²) < 4.78 is 42.5. The molecule has 0 bridgehead atoms. The van der Waals surface area contributed by atoms with Crippen molar-refractivity contribution in [1.82, 2.24) is 24.5 Å². The van der Waals surface area contributed by atoms with Gasteiger partial charge in [0.25, 0.3) is 12.3 Å². The van der Waals surface area contributed by atoms with Crippen LogP contribution in [-0.2, 0) is 11.8 Å². The van der Waals surface area contributed by atoms with Crippen molar-refractivity contribution in [3.8, 4) is 17.5 Å². The largest absolute Gasteiger partial charge is 0.493 e. The number of imidazole rings is 1. The Balaban J connectivity index is 0.00000155. The van der Waals surface area contributed by atoms with Gasteiger partial charge in [0.05, 0.1) is 18.3 Å². The van der Waals surface area contributed by atoms with Gasteiger partial charge in [0.15, 0.2) is 28.6 Å². The van der Waals surface area contributed by atoms with E-state index >= 15 is 0 Å². The Bertz CT molecular complexity index is 1030. The summed E-state index contributed by atoms with van der Waals surface area (Å²) >= 11 is 5.85. The fraction of sp³-hybridized carbons (Fsp3) is 0.368. The molecule has 0 saturated carbocycles. The van der Waals surface area contributed by atoms with Crippen LogP contribution in [0.3, 0.4) is 0 Å². The highest BCUT2D eigenvalue weighted by atomic mass is 35.5. The van der Waals surface area contributed by atoms with Crippen molar-refractivity contribution in [2.75, 3.05) is 13.7 Å². The summed E-state index contributed by atoms with van der Waals surface area (Å²) in [6.07, 6.45) is 1.76. The number of alkyl halides is 2. The van der Waals surface area contributed by atoms with E-state index in [0.717, 1.165) is 0 Å². The lowest BCUT2D eigenvalue weighted by Crippen LogP contribution is -2.08. The highest BCUT2D eigenvalue weighted by Crippen LogP contribution is 2.31. The molecule has 0 aliphatic rings. The topological polar surface area (TPSA) is 84.2 Å². The summed E-state index contributed by atoms with van der Waals surface area (Å²) in [4.78, 5) is 16.9. The summed E-state index contributed by atoms with van der Waals surface area (Å²) in [6, 6.07) is 1.33. The van der Waals surface area contributed by atoms with Crippen LogP contribution in [0.25, 0.3) is 17.1 Å². The Morgan fingerprint density at radius 3 is 2.60 bits per heavy atom. The third-order valence-electron chi connectivity index (χ3n) is 3.61. The molecule has 0 saturated heterocycles. The molecule has 0 aromatic carbocycles. The van der Waals surface area contributed by atoms with E-state index in [2.05, 4.69) is 19.9 Å². The molecule has 0 radical (unpaired) electrons. The van der Waals surface area contributed by atoms with E-state index in [1.54, 1.807) is 17.7 Å². The summed E-state index contributed by atoms with van der Waals surface area (Å²) in [6.45, 7) is 5.00. The van der Waals surface area contributed by atoms with Crippen LogP contribution in [0.1, 0.15) is 26.6 Å². The maximum atomic E-state index is 12.5. The van der Waals surface area contributed by atoms with E-state index in [9.17, 15) is 8.78 Å². The molecule has 3 aromatic rings. The van der Waals surface area contributed by atoms with Crippen LogP contribution in [0.4, 0.5) is 8.78 Å². The molecule has 0 aliphatic heterocycles. The lowest BCUT2D eigenvalue weighted by molar-refractivity contribution is 0.0804. The smallest absolute Gasteiger partial charge is 0.272 e. The first-order valence-corrected chi connectivity index (χ1v) is 9.45. The molecule has 0 fully saturated rings. The normalized spacial score (nSPS) is 11.3. The van der Waals surface area contributed by atoms with Crippen LogP contribution in [0, 0.1) is 0 Å². The van der Waals surface area contributed by atoms with Crippen molar-refractivity contribution in [3.63, 3.8) is 0 Å². The van der Waals surface area contributed by atoms with Crippen molar-refractivity contribution in [2.24, 2.45) is 7.05 Å². The second kappa shape index (κ2) is 10.7. The van der Waals surface area contributed by atoms with Gasteiger partial charge in [-0.3, -0.25) is 0 Å². The van der Waals surface area contributed by atoms with Gasteiger partial charge in [-0.15, -0.1) is 0 Å². The first kappa shape index (κ1) is 23.3. The fourth-order valence-corrected chi connectivity index (χ4v) is 2.53. The molecular formula is C19H22ClF2N5O3. The van der Waals surface area contributed by atoms with E-state index in [0.29, 0.717) is 22.9 Å². The quantitative estimate of drug-likeness (QED) is 0.483. The Labute approximate surface area is 177 Å². The molecule has 0 N–H and O–H groups in total. The lowest BCUT2D eigenvalue weighted by atomic mass is 10.4. The van der Waals surface area contributed by atoms with E-state index in [-0.39, 0.29) is 22.5 Å². The second-order valence-electron chi connectivity index (χ2n) is 5.47. The zero-order valence-electron chi connectivity index (χ0n) is 17.2. The number of methoxy groups -OCH3 is 1. The third kappa shape index (κ3) is 5.32. The zero-order chi connectivity index (χ0) is 22.3. The molecule has 0 spiro atoms. The average Bonchev–Trinajstić information content (AvgIpc) is 3.06. The Morgan fingerprint density at radius 1 is 1.23 bits per heavy atom. The number of nitrogens with zero attached hydrogens (tertiary/aromatic N) is 5. The zero-order valence-corrected chi connectivity index (χ0v) is 17.9. The van der Waals surface area contributed by atoms with Gasteiger partial charge >= 0.3 is 0 Å². The van der Waals surface area contributed by atoms with E-state index < -0.39 is 13.0 Å². The molecule has 11 heteroatoms. The number of halogens is 3. The summed E-state index contributed by atoms with van der Waals surface area (Å²) in [7, 11) is 3.29. The van der Waals surface area contributed by atoms with Crippen LogP contribution >= 0.6 is 11.6 Å². The molecule has 0 unspecified atom stereocenters. The number of rotatable bonds is 7. The first-order chi connectivity index (χ1) is 14.4. The molecular weight excluding hydrogens is 420 g/mol. The Kier molecular flexibility index (Phi) is 8.28. The number of hydrogen-bond acceptors (Lipinski definition) is 7. The van der Waals surface area contributed by atoms with Crippen LogP contribution in [0.15, 0.2) is 24.5 Å². The third-order valence-corrected chi connectivity index (χ3v) is 3.82. The van der Waals surface area contributed by atoms with Gasteiger partial charge < -0.3 is 18.8 Å². The number of ether oxygens (including phenoxy) is 3. The number of aromatic nitrogens is 5. The van der Waals surface area contributed by atoms with Crippen molar-refractivity contribution in [1.29, 1.82) is 0 Å². The molecule has 30 heavy (non-hydrogen) atoms. The number of pyridine rings is 1. The lowest BCUT2D eigenvalue weighted by Gasteiger charge is -2.11. The van der Waals surface area contributed by atoms with E-state index in [1.807, 2.05) is 20.8 Å². The first-order valence-electron chi connectivity index (χ1n) is 9.07. The molecule has 8 nitrogen and oxygen atoms in total. The minimum Gasteiger partial charge on any atom is -0.493 e. The van der Waals surface area contributed by atoms with Gasteiger partial charge in [0.2, 0.25) is 5.88 Å². The SMILES string of the molecule is C/C=C(\OC)c1nc2ncc(Oc3ncc(Cl)cc3OCC(F)F)nc2n1C.CC. The van der Waals surface area contributed by atoms with Crippen LogP contribution < -0.4 is 9.47 Å². The number of fused-ring (bicyclic) bond motifs is 1.